The van der Waals surface area contributed by atoms with E-state index >= 15 is 0 Å². The minimum atomic E-state index is -1.03. The fourth-order valence-corrected chi connectivity index (χ4v) is 2.22. The van der Waals surface area contributed by atoms with E-state index in [-0.39, 0.29) is 25.3 Å². The highest BCUT2D eigenvalue weighted by Crippen LogP contribution is 2.05. The molecule has 5 N–H and O–H groups in total. The zero-order valence-electron chi connectivity index (χ0n) is 15.2. The van der Waals surface area contributed by atoms with E-state index in [9.17, 15) is 19.2 Å². The molecule has 25 heavy (non-hydrogen) atoms. The Balaban J connectivity index is 4.33. The van der Waals surface area contributed by atoms with Gasteiger partial charge in [-0.3, -0.25) is 19.2 Å². The highest BCUT2D eigenvalue weighted by molar-refractivity contribution is 5.91. The van der Waals surface area contributed by atoms with Crippen molar-refractivity contribution in [2.45, 2.75) is 71.3 Å². The molecule has 0 saturated carbocycles. The Kier molecular flexibility index (Phi) is 12.1. The second-order valence-corrected chi connectivity index (χ2v) is 6.27. The molecule has 0 aliphatic heterocycles. The second kappa shape index (κ2) is 13.2. The molecule has 0 bridgehead atoms. The van der Waals surface area contributed by atoms with Gasteiger partial charge in [-0.2, -0.15) is 0 Å². The van der Waals surface area contributed by atoms with Crippen LogP contribution >= 0.6 is 0 Å². The molecule has 2 atom stereocenters. The molecule has 0 heterocycles. The lowest BCUT2D eigenvalue weighted by Gasteiger charge is -2.17. The Morgan fingerprint density at radius 2 is 1.72 bits per heavy atom. The van der Waals surface area contributed by atoms with Crippen molar-refractivity contribution in [3.05, 3.63) is 0 Å². The zero-order valence-corrected chi connectivity index (χ0v) is 15.2. The molecule has 144 valence electrons. The third kappa shape index (κ3) is 12.0. The summed E-state index contributed by atoms with van der Waals surface area (Å²) in [5, 5.41) is 13.9. The molecule has 0 aromatic rings. The van der Waals surface area contributed by atoms with Crippen LogP contribution in [0, 0.1) is 5.92 Å². The fourth-order valence-electron chi connectivity index (χ4n) is 2.22. The van der Waals surface area contributed by atoms with Crippen LogP contribution in [-0.2, 0) is 19.2 Å². The van der Waals surface area contributed by atoms with E-state index in [0.29, 0.717) is 6.42 Å². The Hall–Kier alpha value is -2.12. The fraction of sp³-hybridized carbons (Fsp3) is 0.765. The maximum Gasteiger partial charge on any atom is 0.306 e. The number of hydrogen-bond donors (Lipinski definition) is 4. The minimum Gasteiger partial charge on any atom is -0.481 e. The summed E-state index contributed by atoms with van der Waals surface area (Å²) < 4.78 is 0. The van der Waals surface area contributed by atoms with E-state index in [1.165, 1.54) is 6.92 Å². The van der Waals surface area contributed by atoms with Crippen molar-refractivity contribution < 1.29 is 24.3 Å². The van der Waals surface area contributed by atoms with Crippen molar-refractivity contribution in [1.82, 2.24) is 10.6 Å². The minimum absolute atomic E-state index is 0.147. The lowest BCUT2D eigenvalue weighted by molar-refractivity contribution is -0.141. The molecule has 0 aromatic heterocycles. The van der Waals surface area contributed by atoms with E-state index < -0.39 is 29.7 Å². The van der Waals surface area contributed by atoms with Gasteiger partial charge in [-0.05, 0) is 12.8 Å². The molecule has 0 saturated heterocycles. The largest absolute Gasteiger partial charge is 0.481 e. The summed E-state index contributed by atoms with van der Waals surface area (Å²) >= 11 is 0. The summed E-state index contributed by atoms with van der Waals surface area (Å²) in [6.45, 7) is 3.79. The number of carboxylic acids is 1. The molecule has 8 nitrogen and oxygen atoms in total. The van der Waals surface area contributed by atoms with Crippen LogP contribution in [0.5, 0.6) is 0 Å². The first-order valence-corrected chi connectivity index (χ1v) is 8.86. The van der Waals surface area contributed by atoms with E-state index in [2.05, 4.69) is 17.6 Å². The van der Waals surface area contributed by atoms with Crippen molar-refractivity contribution in [3.8, 4) is 0 Å². The highest BCUT2D eigenvalue weighted by Gasteiger charge is 2.22. The monoisotopic (exact) mass is 357 g/mol. The van der Waals surface area contributed by atoms with Gasteiger partial charge in [0.05, 0.1) is 12.3 Å². The van der Waals surface area contributed by atoms with Crippen LogP contribution in [0.25, 0.3) is 0 Å². The van der Waals surface area contributed by atoms with E-state index in [1.807, 2.05) is 0 Å². The third-order valence-electron chi connectivity index (χ3n) is 3.86. The van der Waals surface area contributed by atoms with E-state index in [1.54, 1.807) is 0 Å². The number of carboxylic acid groups (broad SMARTS) is 1. The van der Waals surface area contributed by atoms with Crippen LogP contribution in [0.1, 0.15) is 65.2 Å². The van der Waals surface area contributed by atoms with Gasteiger partial charge in [0.2, 0.25) is 17.7 Å². The van der Waals surface area contributed by atoms with E-state index in [4.69, 9.17) is 10.8 Å². The molecule has 0 spiro atoms. The summed E-state index contributed by atoms with van der Waals surface area (Å²) in [6.07, 6.45) is 5.25. The molecular weight excluding hydrogens is 326 g/mol. The number of carbonyl (C=O) groups is 4. The Labute approximate surface area is 148 Å². The molecule has 0 aliphatic rings. The number of primary amides is 1. The Bertz CT molecular complexity index is 454. The van der Waals surface area contributed by atoms with Crippen LogP contribution in [0.3, 0.4) is 0 Å². The topological polar surface area (TPSA) is 139 Å². The molecule has 0 aliphatic carbocycles. The average Bonchev–Trinajstić information content (AvgIpc) is 2.53. The molecular formula is C17H31N3O5. The van der Waals surface area contributed by atoms with Gasteiger partial charge in [0, 0.05) is 13.0 Å². The number of amides is 3. The number of nitrogens with two attached hydrogens (primary N) is 1. The molecule has 0 aromatic carbocycles. The average molecular weight is 357 g/mol. The van der Waals surface area contributed by atoms with Crippen LogP contribution in [0.4, 0.5) is 0 Å². The number of unbranched alkanes of at least 4 members (excludes halogenated alkanes) is 4. The lowest BCUT2D eigenvalue weighted by atomic mass is 10.1. The summed E-state index contributed by atoms with van der Waals surface area (Å²) in [5.41, 5.74) is 5.13. The summed E-state index contributed by atoms with van der Waals surface area (Å²) in [4.78, 5) is 45.9. The zero-order chi connectivity index (χ0) is 19.2. The van der Waals surface area contributed by atoms with E-state index in [0.717, 1.165) is 32.1 Å². The van der Waals surface area contributed by atoms with Gasteiger partial charge in [0.1, 0.15) is 6.04 Å². The smallest absolute Gasteiger partial charge is 0.306 e. The first-order chi connectivity index (χ1) is 11.8. The Morgan fingerprint density at radius 3 is 2.28 bits per heavy atom. The number of carbonyl (C=O) groups excluding carboxylic acids is 3. The van der Waals surface area contributed by atoms with Crippen molar-refractivity contribution in [1.29, 1.82) is 0 Å². The molecule has 0 unspecified atom stereocenters. The van der Waals surface area contributed by atoms with Crippen molar-refractivity contribution in [3.63, 3.8) is 0 Å². The third-order valence-corrected chi connectivity index (χ3v) is 3.86. The van der Waals surface area contributed by atoms with Gasteiger partial charge in [0.25, 0.3) is 0 Å². The normalized spacial score (nSPS) is 12.9. The summed E-state index contributed by atoms with van der Waals surface area (Å²) in [6, 6.07) is -1.03. The van der Waals surface area contributed by atoms with Gasteiger partial charge in [-0.15, -0.1) is 0 Å². The second-order valence-electron chi connectivity index (χ2n) is 6.27. The van der Waals surface area contributed by atoms with Crippen LogP contribution in [-0.4, -0.2) is 41.4 Å². The Morgan fingerprint density at radius 1 is 1.08 bits per heavy atom. The van der Waals surface area contributed by atoms with Crippen molar-refractivity contribution >= 4 is 23.7 Å². The predicted molar refractivity (Wildman–Crippen MR) is 93.5 cm³/mol. The highest BCUT2D eigenvalue weighted by atomic mass is 16.4. The van der Waals surface area contributed by atoms with Gasteiger partial charge >= 0.3 is 5.97 Å². The van der Waals surface area contributed by atoms with Crippen LogP contribution in [0.2, 0.25) is 0 Å². The van der Waals surface area contributed by atoms with Crippen LogP contribution in [0.15, 0.2) is 0 Å². The quantitative estimate of drug-likeness (QED) is 0.343. The maximum absolute atomic E-state index is 12.1. The molecule has 0 radical (unpaired) electrons. The summed E-state index contributed by atoms with van der Waals surface area (Å²) in [5.74, 6) is -3.05. The number of rotatable bonds is 14. The van der Waals surface area contributed by atoms with Gasteiger partial charge in [-0.1, -0.05) is 39.5 Å². The number of nitrogens with one attached hydrogen (secondary N) is 2. The van der Waals surface area contributed by atoms with Crippen LogP contribution < -0.4 is 16.4 Å². The first-order valence-electron chi connectivity index (χ1n) is 8.86. The predicted octanol–water partition coefficient (Wildman–Crippen LogP) is 0.934. The lowest BCUT2D eigenvalue weighted by Crippen LogP contribution is -2.48. The SMILES string of the molecule is CCCCCCCC(=O)N[C@H](CC(N)=O)C(=O)NCC[C@@H](C)C(=O)O. The standard InChI is InChI=1S/C17H31N3O5/c1-3-4-5-6-7-8-15(22)20-13(11-14(18)21)16(23)19-10-9-12(2)17(24)25/h12-13H,3-11H2,1-2H3,(H2,18,21)(H,19,23)(H,20,22)(H,24,25)/t12-,13-/m1/s1. The maximum atomic E-state index is 12.1. The number of aliphatic carboxylic acids is 1. The molecule has 0 fully saturated rings. The van der Waals surface area contributed by atoms with Gasteiger partial charge in [-0.25, -0.2) is 0 Å². The molecule has 3 amide bonds. The molecule has 0 rings (SSSR count). The van der Waals surface area contributed by atoms with Gasteiger partial charge in [0.15, 0.2) is 0 Å². The van der Waals surface area contributed by atoms with Crippen molar-refractivity contribution in [2.75, 3.05) is 6.54 Å². The van der Waals surface area contributed by atoms with Crippen molar-refractivity contribution in [2.24, 2.45) is 11.7 Å². The first kappa shape index (κ1) is 22.9. The molecule has 8 heteroatoms. The summed E-state index contributed by atoms with van der Waals surface area (Å²) in [7, 11) is 0. The number of hydrogen-bond acceptors (Lipinski definition) is 4. The van der Waals surface area contributed by atoms with Gasteiger partial charge < -0.3 is 21.5 Å².